The van der Waals surface area contributed by atoms with Crippen LogP contribution in [0, 0.1) is 29.6 Å². The van der Waals surface area contributed by atoms with E-state index in [2.05, 4.69) is 4.98 Å². The molecule has 6 unspecified atom stereocenters. The molecular formula is C34H33N3O8S2. The predicted octanol–water partition coefficient (Wildman–Crippen LogP) is 3.53. The normalized spacial score (nSPS) is 29.0. The molecular weight excluding hydrogens is 643 g/mol. The number of hydrogen-bond donors (Lipinski definition) is 1. The molecule has 3 aliphatic heterocycles. The van der Waals surface area contributed by atoms with Crippen LogP contribution < -0.4 is 14.5 Å². The first-order chi connectivity index (χ1) is 22.8. The topological polar surface area (TPSA) is 135 Å². The van der Waals surface area contributed by atoms with Gasteiger partial charge in [0.2, 0.25) is 11.8 Å². The molecule has 2 bridgehead atoms. The minimum atomic E-state index is -0.452. The number of H-pyrrole nitrogens is 1. The van der Waals surface area contributed by atoms with E-state index in [4.69, 9.17) is 14.2 Å². The number of imide groups is 1. The van der Waals surface area contributed by atoms with Gasteiger partial charge in [-0.05, 0) is 73.1 Å². The summed E-state index contributed by atoms with van der Waals surface area (Å²) in [7, 11) is 0. The highest BCUT2D eigenvalue weighted by Crippen LogP contribution is 2.68. The van der Waals surface area contributed by atoms with E-state index in [-0.39, 0.29) is 64.7 Å². The predicted molar refractivity (Wildman–Crippen MR) is 173 cm³/mol. The number of morpholine rings is 1. The molecule has 47 heavy (non-hydrogen) atoms. The van der Waals surface area contributed by atoms with Crippen LogP contribution in [0.4, 0.5) is 5.69 Å². The van der Waals surface area contributed by atoms with E-state index in [0.29, 0.717) is 43.3 Å². The summed E-state index contributed by atoms with van der Waals surface area (Å²) in [5, 5.41) is 0.906. The third-order valence-electron chi connectivity index (χ3n) is 10.3. The number of rotatable bonds is 7. The Morgan fingerprint density at radius 3 is 2.36 bits per heavy atom. The molecule has 13 heteroatoms. The number of nitrogens with one attached hydrogen (secondary N) is 1. The van der Waals surface area contributed by atoms with Crippen molar-refractivity contribution in [3.63, 3.8) is 0 Å². The Kier molecular flexibility index (Phi) is 7.72. The number of anilines is 1. The fraction of sp³-hybridized carbons (Fsp3) is 0.441. The van der Waals surface area contributed by atoms with E-state index >= 15 is 0 Å². The average molecular weight is 676 g/mol. The number of ether oxygens (including phenoxy) is 3. The van der Waals surface area contributed by atoms with Gasteiger partial charge >= 0.3 is 10.8 Å². The highest BCUT2D eigenvalue weighted by molar-refractivity contribution is 8.00. The molecule has 7 atom stereocenters. The Bertz CT molecular complexity index is 1800. The third kappa shape index (κ3) is 5.01. The molecule has 2 saturated carbocycles. The van der Waals surface area contributed by atoms with Crippen molar-refractivity contribution in [1.29, 1.82) is 0 Å². The van der Waals surface area contributed by atoms with E-state index < -0.39 is 17.8 Å². The van der Waals surface area contributed by atoms with Crippen molar-refractivity contribution in [2.45, 2.75) is 29.5 Å². The first-order valence-electron chi connectivity index (χ1n) is 16.0. The first kappa shape index (κ1) is 30.4. The summed E-state index contributed by atoms with van der Waals surface area (Å²) in [4.78, 5) is 72.3. The van der Waals surface area contributed by atoms with Gasteiger partial charge in [0.25, 0.3) is 5.91 Å². The molecule has 2 aromatic carbocycles. The SMILES string of the molecule is CCOC(=O)c1ccc(N2C(=O)C3C4CC(C3C2=O)C2C4Sc3[nH]c(=O)sc3[C@@H]2c2ccc(OCC(=O)N3CCOCC3)cc2)cc1. The van der Waals surface area contributed by atoms with Gasteiger partial charge in [0.15, 0.2) is 6.61 Å². The molecule has 2 saturated heterocycles. The second kappa shape index (κ2) is 11.9. The van der Waals surface area contributed by atoms with Gasteiger partial charge in [-0.3, -0.25) is 24.1 Å². The number of thiazole rings is 1. The number of amides is 3. The molecule has 8 rings (SSSR count). The lowest BCUT2D eigenvalue weighted by molar-refractivity contribution is -0.137. The van der Waals surface area contributed by atoms with Crippen molar-refractivity contribution < 1.29 is 33.4 Å². The van der Waals surface area contributed by atoms with Crippen LogP contribution in [0.2, 0.25) is 0 Å². The van der Waals surface area contributed by atoms with Crippen LogP contribution in [-0.4, -0.2) is 78.3 Å². The third-order valence-corrected chi connectivity index (χ3v) is 12.9. The zero-order valence-electron chi connectivity index (χ0n) is 25.6. The van der Waals surface area contributed by atoms with Crippen LogP contribution in [0.25, 0.3) is 0 Å². The number of thioether (sulfide) groups is 1. The lowest BCUT2D eigenvalue weighted by Crippen LogP contribution is -2.43. The van der Waals surface area contributed by atoms with Gasteiger partial charge in [-0.25, -0.2) is 4.79 Å². The molecule has 244 valence electrons. The summed E-state index contributed by atoms with van der Waals surface area (Å²) in [6, 6.07) is 14.1. The minimum Gasteiger partial charge on any atom is -0.484 e. The van der Waals surface area contributed by atoms with Gasteiger partial charge in [-0.2, -0.15) is 0 Å². The Hall–Kier alpha value is -3.94. The molecule has 5 aliphatic rings. The van der Waals surface area contributed by atoms with Gasteiger partial charge in [0, 0.05) is 29.1 Å². The second-order valence-electron chi connectivity index (χ2n) is 12.6. The number of hydrogen-bond acceptors (Lipinski definition) is 10. The van der Waals surface area contributed by atoms with E-state index in [1.165, 1.54) is 16.2 Å². The second-order valence-corrected chi connectivity index (χ2v) is 14.8. The van der Waals surface area contributed by atoms with Crippen molar-refractivity contribution in [2.75, 3.05) is 44.4 Å². The van der Waals surface area contributed by atoms with Crippen LogP contribution in [0.5, 0.6) is 5.75 Å². The van der Waals surface area contributed by atoms with Crippen LogP contribution in [0.3, 0.4) is 0 Å². The lowest BCUT2D eigenvalue weighted by Gasteiger charge is -2.43. The number of aromatic nitrogens is 1. The van der Waals surface area contributed by atoms with Crippen molar-refractivity contribution in [1.82, 2.24) is 9.88 Å². The molecule has 3 amide bonds. The van der Waals surface area contributed by atoms with Gasteiger partial charge in [-0.15, -0.1) is 11.8 Å². The van der Waals surface area contributed by atoms with Gasteiger partial charge in [0.1, 0.15) is 5.75 Å². The monoisotopic (exact) mass is 675 g/mol. The number of fused-ring (bicyclic) bond motifs is 9. The number of carbonyl (C=O) groups is 4. The molecule has 0 spiro atoms. The molecule has 3 aromatic rings. The Morgan fingerprint density at radius 2 is 1.66 bits per heavy atom. The van der Waals surface area contributed by atoms with E-state index in [0.717, 1.165) is 21.9 Å². The number of aromatic amines is 1. The Balaban J connectivity index is 1.05. The zero-order chi connectivity index (χ0) is 32.4. The maximum atomic E-state index is 14.1. The summed E-state index contributed by atoms with van der Waals surface area (Å²) in [6.45, 7) is 4.11. The lowest BCUT2D eigenvalue weighted by atomic mass is 9.68. The molecule has 4 heterocycles. The molecule has 11 nitrogen and oxygen atoms in total. The fourth-order valence-corrected chi connectivity index (χ4v) is 11.3. The Labute approximate surface area is 278 Å². The van der Waals surface area contributed by atoms with Crippen molar-refractivity contribution in [3.8, 4) is 5.75 Å². The van der Waals surface area contributed by atoms with E-state index in [1.54, 1.807) is 47.9 Å². The first-order valence-corrected chi connectivity index (χ1v) is 17.7. The van der Waals surface area contributed by atoms with Gasteiger partial charge < -0.3 is 24.1 Å². The molecule has 0 radical (unpaired) electrons. The van der Waals surface area contributed by atoms with Crippen LogP contribution >= 0.6 is 23.1 Å². The smallest absolute Gasteiger partial charge is 0.338 e. The van der Waals surface area contributed by atoms with Gasteiger partial charge in [-0.1, -0.05) is 23.5 Å². The maximum Gasteiger partial charge on any atom is 0.338 e. The molecule has 2 aliphatic carbocycles. The van der Waals surface area contributed by atoms with Crippen LogP contribution in [-0.2, 0) is 23.9 Å². The standard InChI is InChI=1S/C34H33N3O8S2/c1-2-44-33(41)18-3-7-19(8-4-18)37-31(39)26-21-15-22(27(26)32(37)40)28-25(21)24(29-30(46-28)35-34(42)47-29)17-5-9-20(10-6-17)45-16-23(38)36-11-13-43-14-12-36/h3-10,21-22,24-28H,2,11-16H2,1H3,(H,35,42)/t21?,22?,24-,25?,26?,27?,28?/m1/s1. The van der Waals surface area contributed by atoms with Crippen LogP contribution in [0.1, 0.15) is 40.1 Å². The Morgan fingerprint density at radius 1 is 0.957 bits per heavy atom. The fourth-order valence-electron chi connectivity index (χ4n) is 8.43. The van der Waals surface area contributed by atoms with Crippen molar-refractivity contribution in [3.05, 3.63) is 74.2 Å². The number of carbonyl (C=O) groups excluding carboxylic acids is 4. The number of benzene rings is 2. The summed E-state index contributed by atoms with van der Waals surface area (Å²) in [5.41, 5.74) is 1.83. The maximum absolute atomic E-state index is 14.1. The van der Waals surface area contributed by atoms with Crippen molar-refractivity contribution in [2.24, 2.45) is 29.6 Å². The zero-order valence-corrected chi connectivity index (χ0v) is 27.2. The minimum absolute atomic E-state index is 0.00638. The number of nitrogens with zero attached hydrogens (tertiary/aromatic N) is 2. The summed E-state index contributed by atoms with van der Waals surface area (Å²) < 4.78 is 16.2. The van der Waals surface area contributed by atoms with Crippen molar-refractivity contribution >= 4 is 52.5 Å². The van der Waals surface area contributed by atoms with E-state index in [9.17, 15) is 24.0 Å². The van der Waals surface area contributed by atoms with Crippen LogP contribution in [0.15, 0.2) is 58.4 Å². The quantitative estimate of drug-likeness (QED) is 0.295. The highest BCUT2D eigenvalue weighted by Gasteiger charge is 2.69. The summed E-state index contributed by atoms with van der Waals surface area (Å²) >= 11 is 2.85. The molecule has 4 fully saturated rings. The molecule has 1 N–H and O–H groups in total. The summed E-state index contributed by atoms with van der Waals surface area (Å²) in [6.07, 6.45) is 0.783. The van der Waals surface area contributed by atoms with Gasteiger partial charge in [0.05, 0.1) is 47.9 Å². The highest BCUT2D eigenvalue weighted by atomic mass is 32.2. The number of esters is 1. The van der Waals surface area contributed by atoms with E-state index in [1.807, 2.05) is 24.3 Å². The average Bonchev–Trinajstić information content (AvgIpc) is 3.83. The molecule has 1 aromatic heterocycles. The summed E-state index contributed by atoms with van der Waals surface area (Å²) in [5.74, 6) is -1.30. The largest absolute Gasteiger partial charge is 0.484 e.